The second-order valence-corrected chi connectivity index (χ2v) is 2.49. The molecule has 0 N–H and O–H groups in total. The number of hydrogen-bond donors (Lipinski definition) is 0. The van der Waals surface area contributed by atoms with Gasteiger partial charge in [0.05, 0.1) is 5.38 Å². The number of hydrogen-bond acceptors (Lipinski definition) is 0. The average molecular weight is 120 g/mol. The molecule has 0 amide bonds. The minimum atomic E-state index is 0.585. The molecule has 0 fully saturated rings. The number of halogens is 1. The van der Waals surface area contributed by atoms with Crippen LogP contribution in [0.2, 0.25) is 0 Å². The van der Waals surface area contributed by atoms with Gasteiger partial charge in [0.1, 0.15) is 0 Å². The molecule has 0 aliphatic heterocycles. The SMILES string of the molecule is CCC(C)[C](C)Cl. The van der Waals surface area contributed by atoms with Crippen LogP contribution < -0.4 is 0 Å². The first-order valence-electron chi connectivity index (χ1n) is 2.67. The van der Waals surface area contributed by atoms with Gasteiger partial charge in [-0.15, -0.1) is 11.6 Å². The van der Waals surface area contributed by atoms with Gasteiger partial charge >= 0.3 is 0 Å². The Morgan fingerprint density at radius 3 is 2.14 bits per heavy atom. The zero-order valence-corrected chi connectivity index (χ0v) is 5.92. The lowest BCUT2D eigenvalue weighted by atomic mass is 10.1. The molecule has 1 radical (unpaired) electrons. The van der Waals surface area contributed by atoms with Crippen LogP contribution in [0.3, 0.4) is 0 Å². The zero-order valence-electron chi connectivity index (χ0n) is 5.16. The molecule has 0 saturated heterocycles. The van der Waals surface area contributed by atoms with Crippen molar-refractivity contribution < 1.29 is 0 Å². The van der Waals surface area contributed by atoms with Gasteiger partial charge in [0.2, 0.25) is 0 Å². The molecule has 43 valence electrons. The molecule has 0 nitrogen and oxygen atoms in total. The second kappa shape index (κ2) is 3.31. The second-order valence-electron chi connectivity index (χ2n) is 1.90. The Labute approximate surface area is 50.9 Å². The van der Waals surface area contributed by atoms with E-state index >= 15 is 0 Å². The van der Waals surface area contributed by atoms with E-state index in [0.717, 1.165) is 11.8 Å². The van der Waals surface area contributed by atoms with Crippen LogP contribution in [-0.4, -0.2) is 0 Å². The first-order valence-corrected chi connectivity index (χ1v) is 3.05. The maximum Gasteiger partial charge on any atom is 0.0635 e. The monoisotopic (exact) mass is 119 g/mol. The van der Waals surface area contributed by atoms with E-state index in [9.17, 15) is 0 Å². The third kappa shape index (κ3) is 2.93. The van der Waals surface area contributed by atoms with Crippen molar-refractivity contribution in [2.75, 3.05) is 0 Å². The fraction of sp³-hybridized carbons (Fsp3) is 0.833. The highest BCUT2D eigenvalue weighted by atomic mass is 35.5. The summed E-state index contributed by atoms with van der Waals surface area (Å²) in [6.07, 6.45) is 1.15. The van der Waals surface area contributed by atoms with Crippen LogP contribution in [0.15, 0.2) is 0 Å². The molecular weight excluding hydrogens is 108 g/mol. The van der Waals surface area contributed by atoms with Gasteiger partial charge in [0, 0.05) is 0 Å². The number of rotatable bonds is 2. The Bertz CT molecular complexity index is 41.4. The highest BCUT2D eigenvalue weighted by Gasteiger charge is 2.04. The van der Waals surface area contributed by atoms with Gasteiger partial charge in [-0.05, 0) is 12.8 Å². The molecule has 0 aromatic rings. The van der Waals surface area contributed by atoms with Crippen molar-refractivity contribution in [3.8, 4) is 0 Å². The Balaban J connectivity index is 3.14. The van der Waals surface area contributed by atoms with Crippen molar-refractivity contribution in [3.63, 3.8) is 0 Å². The van der Waals surface area contributed by atoms with Crippen LogP contribution in [0.1, 0.15) is 27.2 Å². The van der Waals surface area contributed by atoms with Gasteiger partial charge in [0.25, 0.3) is 0 Å². The molecule has 0 aliphatic rings. The van der Waals surface area contributed by atoms with Crippen LogP contribution >= 0.6 is 11.6 Å². The third-order valence-corrected chi connectivity index (χ3v) is 1.66. The Morgan fingerprint density at radius 1 is 1.71 bits per heavy atom. The summed E-state index contributed by atoms with van der Waals surface area (Å²) in [5.74, 6) is 0.585. The molecule has 0 spiro atoms. The summed E-state index contributed by atoms with van der Waals surface area (Å²) in [4.78, 5) is 0. The molecule has 1 unspecified atom stereocenters. The van der Waals surface area contributed by atoms with Crippen molar-refractivity contribution in [2.45, 2.75) is 27.2 Å². The fourth-order valence-corrected chi connectivity index (χ4v) is 0.436. The lowest BCUT2D eigenvalue weighted by molar-refractivity contribution is 0.628. The first-order chi connectivity index (χ1) is 3.18. The summed E-state index contributed by atoms with van der Waals surface area (Å²) in [5.41, 5.74) is 0. The van der Waals surface area contributed by atoms with Crippen LogP contribution in [0, 0.1) is 11.3 Å². The zero-order chi connectivity index (χ0) is 5.86. The summed E-state index contributed by atoms with van der Waals surface area (Å²) in [5, 5.41) is 1.02. The highest BCUT2D eigenvalue weighted by Crippen LogP contribution is 2.19. The summed E-state index contributed by atoms with van der Waals surface area (Å²) < 4.78 is 0. The fourth-order valence-electron chi connectivity index (χ4n) is 0.281. The quantitative estimate of drug-likeness (QED) is 0.525. The molecule has 0 aromatic carbocycles. The molecule has 0 aliphatic carbocycles. The molecule has 1 atom stereocenters. The molecule has 7 heavy (non-hydrogen) atoms. The average Bonchev–Trinajstić information content (AvgIpc) is 1.65. The first kappa shape index (κ1) is 7.29. The largest absolute Gasteiger partial charge is 0.117 e. The molecule has 1 heteroatoms. The van der Waals surface area contributed by atoms with Crippen molar-refractivity contribution in [1.82, 2.24) is 0 Å². The predicted molar refractivity (Wildman–Crippen MR) is 34.2 cm³/mol. The lowest BCUT2D eigenvalue weighted by Gasteiger charge is -2.07. The van der Waals surface area contributed by atoms with E-state index in [-0.39, 0.29) is 0 Å². The Kier molecular flexibility index (Phi) is 3.45. The minimum Gasteiger partial charge on any atom is -0.117 e. The van der Waals surface area contributed by atoms with E-state index in [0.29, 0.717) is 5.92 Å². The van der Waals surface area contributed by atoms with E-state index < -0.39 is 0 Å². The molecule has 0 heterocycles. The van der Waals surface area contributed by atoms with Gasteiger partial charge in [-0.2, -0.15) is 0 Å². The normalized spacial score (nSPS) is 15.0. The van der Waals surface area contributed by atoms with Crippen LogP contribution in [0.4, 0.5) is 0 Å². The van der Waals surface area contributed by atoms with Crippen molar-refractivity contribution in [1.29, 1.82) is 0 Å². The summed E-state index contributed by atoms with van der Waals surface area (Å²) >= 11 is 5.65. The van der Waals surface area contributed by atoms with Crippen molar-refractivity contribution in [2.24, 2.45) is 5.92 Å². The van der Waals surface area contributed by atoms with E-state index in [4.69, 9.17) is 11.6 Å². The van der Waals surface area contributed by atoms with Gasteiger partial charge in [0.15, 0.2) is 0 Å². The van der Waals surface area contributed by atoms with Gasteiger partial charge in [-0.3, -0.25) is 0 Å². The molecule has 0 rings (SSSR count). The minimum absolute atomic E-state index is 0.585. The maximum atomic E-state index is 5.65. The van der Waals surface area contributed by atoms with Gasteiger partial charge in [-0.25, -0.2) is 0 Å². The van der Waals surface area contributed by atoms with E-state index in [1.165, 1.54) is 0 Å². The predicted octanol–water partition coefficient (Wildman–Crippen LogP) is 2.82. The molecular formula is C6H12Cl. The molecule has 0 saturated carbocycles. The van der Waals surface area contributed by atoms with Crippen LogP contribution in [0.25, 0.3) is 0 Å². The highest BCUT2D eigenvalue weighted by molar-refractivity contribution is 6.26. The van der Waals surface area contributed by atoms with E-state index in [2.05, 4.69) is 13.8 Å². The molecule has 0 aromatic heterocycles. The molecule has 0 bridgehead atoms. The Morgan fingerprint density at radius 2 is 2.14 bits per heavy atom. The maximum absolute atomic E-state index is 5.65. The van der Waals surface area contributed by atoms with Gasteiger partial charge < -0.3 is 0 Å². The standard InChI is InChI=1S/C6H12Cl/c1-4-5(2)6(3)7/h5H,4H2,1-3H3. The third-order valence-electron chi connectivity index (χ3n) is 1.29. The Hall–Kier alpha value is 0.290. The van der Waals surface area contributed by atoms with Crippen molar-refractivity contribution in [3.05, 3.63) is 5.38 Å². The van der Waals surface area contributed by atoms with Crippen molar-refractivity contribution >= 4 is 11.6 Å². The topological polar surface area (TPSA) is 0 Å². The van der Waals surface area contributed by atoms with E-state index in [1.54, 1.807) is 0 Å². The summed E-state index contributed by atoms with van der Waals surface area (Å²) in [7, 11) is 0. The van der Waals surface area contributed by atoms with E-state index in [1.807, 2.05) is 6.92 Å². The van der Waals surface area contributed by atoms with Gasteiger partial charge in [-0.1, -0.05) is 20.3 Å². The summed E-state index contributed by atoms with van der Waals surface area (Å²) in [6.45, 7) is 6.22. The smallest absolute Gasteiger partial charge is 0.0635 e. The van der Waals surface area contributed by atoms with Crippen LogP contribution in [0.5, 0.6) is 0 Å². The lowest BCUT2D eigenvalue weighted by Crippen LogP contribution is -1.95. The summed E-state index contributed by atoms with van der Waals surface area (Å²) in [6, 6.07) is 0. The van der Waals surface area contributed by atoms with Crippen LogP contribution in [-0.2, 0) is 0 Å².